The van der Waals surface area contributed by atoms with Crippen LogP contribution in [0.25, 0.3) is 0 Å². The van der Waals surface area contributed by atoms with E-state index in [0.717, 1.165) is 6.54 Å². The Morgan fingerprint density at radius 3 is 3.20 bits per heavy atom. The highest BCUT2D eigenvalue weighted by atomic mass is 15.4. The third kappa shape index (κ3) is 0.772. The molecule has 0 amide bonds. The van der Waals surface area contributed by atoms with Gasteiger partial charge in [0.05, 0.1) is 5.69 Å². The van der Waals surface area contributed by atoms with Gasteiger partial charge in [0.1, 0.15) is 0 Å². The van der Waals surface area contributed by atoms with Crippen LogP contribution in [0.1, 0.15) is 11.1 Å². The summed E-state index contributed by atoms with van der Waals surface area (Å²) in [6.45, 7) is 3.05. The average Bonchev–Trinajstić information content (AvgIpc) is 2.33. The monoisotopic (exact) mass is 134 g/mol. The number of rotatable bonds is 0. The Labute approximate surface area is 60.2 Å². The molecule has 1 aromatic rings. The van der Waals surface area contributed by atoms with Crippen LogP contribution in [0.2, 0.25) is 0 Å². The van der Waals surface area contributed by atoms with Crippen LogP contribution < -0.4 is 10.9 Å². The van der Waals surface area contributed by atoms with E-state index in [-0.39, 0.29) is 0 Å². The summed E-state index contributed by atoms with van der Waals surface area (Å²) in [5.41, 5.74) is 10.0. The first-order chi connectivity index (χ1) is 4.86. The number of aryl methyl sites for hydroxylation is 1. The van der Waals surface area contributed by atoms with E-state index in [2.05, 4.69) is 36.0 Å². The lowest BCUT2D eigenvalue weighted by molar-refractivity contribution is 0.860. The van der Waals surface area contributed by atoms with E-state index in [1.54, 1.807) is 0 Å². The SMILES string of the molecule is Cc1ccc2c(c1)CNN2. The maximum absolute atomic E-state index is 3.08. The largest absolute Gasteiger partial charge is 0.321 e. The van der Waals surface area contributed by atoms with Crippen molar-refractivity contribution in [3.8, 4) is 0 Å². The topological polar surface area (TPSA) is 24.1 Å². The molecule has 0 spiro atoms. The summed E-state index contributed by atoms with van der Waals surface area (Å²) >= 11 is 0. The Hall–Kier alpha value is -1.02. The minimum absolute atomic E-state index is 0.941. The fraction of sp³-hybridized carbons (Fsp3) is 0.250. The molecule has 1 aliphatic rings. The van der Waals surface area contributed by atoms with Crippen LogP contribution in [0.5, 0.6) is 0 Å². The molecule has 0 saturated carbocycles. The van der Waals surface area contributed by atoms with Crippen LogP contribution in [0.3, 0.4) is 0 Å². The molecule has 0 radical (unpaired) electrons. The van der Waals surface area contributed by atoms with Crippen molar-refractivity contribution < 1.29 is 0 Å². The molecule has 0 bridgehead atoms. The normalized spacial score (nSPS) is 14.5. The van der Waals surface area contributed by atoms with Crippen LogP contribution in [0.15, 0.2) is 18.2 Å². The summed E-state index contributed by atoms with van der Waals surface area (Å²) < 4.78 is 0. The molecule has 2 rings (SSSR count). The summed E-state index contributed by atoms with van der Waals surface area (Å²) in [6.07, 6.45) is 0. The average molecular weight is 134 g/mol. The van der Waals surface area contributed by atoms with Crippen LogP contribution in [0.4, 0.5) is 5.69 Å². The Morgan fingerprint density at radius 2 is 2.30 bits per heavy atom. The summed E-state index contributed by atoms with van der Waals surface area (Å²) in [5.74, 6) is 0. The molecule has 52 valence electrons. The molecular formula is C8H10N2. The smallest absolute Gasteiger partial charge is 0.0533 e. The van der Waals surface area contributed by atoms with Crippen molar-refractivity contribution in [1.29, 1.82) is 0 Å². The quantitative estimate of drug-likeness (QED) is 0.560. The molecule has 0 saturated heterocycles. The van der Waals surface area contributed by atoms with Crippen molar-refractivity contribution in [3.63, 3.8) is 0 Å². The lowest BCUT2D eigenvalue weighted by Gasteiger charge is -1.97. The van der Waals surface area contributed by atoms with Crippen molar-refractivity contribution in [3.05, 3.63) is 29.3 Å². The second kappa shape index (κ2) is 1.99. The number of benzene rings is 1. The van der Waals surface area contributed by atoms with Gasteiger partial charge in [0.25, 0.3) is 0 Å². The Balaban J connectivity index is 2.52. The van der Waals surface area contributed by atoms with Crippen LogP contribution in [-0.2, 0) is 6.54 Å². The van der Waals surface area contributed by atoms with E-state index in [4.69, 9.17) is 0 Å². The molecule has 2 N–H and O–H groups in total. The predicted molar refractivity (Wildman–Crippen MR) is 41.6 cm³/mol. The summed E-state index contributed by atoms with van der Waals surface area (Å²) in [6, 6.07) is 6.41. The van der Waals surface area contributed by atoms with Crippen molar-refractivity contribution in [2.75, 3.05) is 5.43 Å². The first-order valence-electron chi connectivity index (χ1n) is 3.45. The molecule has 2 heteroatoms. The predicted octanol–water partition coefficient (Wildman–Crippen LogP) is 1.43. The van der Waals surface area contributed by atoms with Gasteiger partial charge in [0.2, 0.25) is 0 Å². The second-order valence-electron chi connectivity index (χ2n) is 2.64. The van der Waals surface area contributed by atoms with E-state index < -0.39 is 0 Å². The molecule has 1 aromatic carbocycles. The molecule has 0 aliphatic carbocycles. The third-order valence-electron chi connectivity index (χ3n) is 1.76. The van der Waals surface area contributed by atoms with Crippen LogP contribution in [0, 0.1) is 6.92 Å². The minimum atomic E-state index is 0.941. The highest BCUT2D eigenvalue weighted by Crippen LogP contribution is 2.19. The highest BCUT2D eigenvalue weighted by Gasteiger charge is 2.06. The maximum Gasteiger partial charge on any atom is 0.0533 e. The van der Waals surface area contributed by atoms with Gasteiger partial charge in [-0.2, -0.15) is 0 Å². The molecule has 2 nitrogen and oxygen atoms in total. The zero-order valence-corrected chi connectivity index (χ0v) is 5.94. The Bertz CT molecular complexity index is 255. The number of hydrogen-bond donors (Lipinski definition) is 2. The van der Waals surface area contributed by atoms with Gasteiger partial charge in [-0.3, -0.25) is 0 Å². The fourth-order valence-corrected chi connectivity index (χ4v) is 1.23. The van der Waals surface area contributed by atoms with Crippen molar-refractivity contribution >= 4 is 5.69 Å². The fourth-order valence-electron chi connectivity index (χ4n) is 1.23. The van der Waals surface area contributed by atoms with E-state index in [1.165, 1.54) is 16.8 Å². The van der Waals surface area contributed by atoms with Crippen molar-refractivity contribution in [2.24, 2.45) is 0 Å². The zero-order chi connectivity index (χ0) is 6.97. The standard InChI is InChI=1S/C8H10N2/c1-6-2-3-8-7(4-6)5-9-10-8/h2-4,9-10H,5H2,1H3. The Kier molecular flexibility index (Phi) is 1.14. The van der Waals surface area contributed by atoms with Crippen molar-refractivity contribution in [1.82, 2.24) is 5.43 Å². The molecule has 1 heterocycles. The number of hydrazine groups is 1. The lowest BCUT2D eigenvalue weighted by atomic mass is 10.1. The van der Waals surface area contributed by atoms with E-state index in [0.29, 0.717) is 0 Å². The number of nitrogens with one attached hydrogen (secondary N) is 2. The molecule has 0 unspecified atom stereocenters. The number of fused-ring (bicyclic) bond motifs is 1. The summed E-state index contributed by atoms with van der Waals surface area (Å²) in [4.78, 5) is 0. The number of hydrogen-bond acceptors (Lipinski definition) is 2. The maximum atomic E-state index is 3.08. The van der Waals surface area contributed by atoms with Gasteiger partial charge in [0, 0.05) is 6.54 Å². The first kappa shape index (κ1) is 5.74. The molecule has 10 heavy (non-hydrogen) atoms. The minimum Gasteiger partial charge on any atom is -0.321 e. The van der Waals surface area contributed by atoms with Gasteiger partial charge in [0.15, 0.2) is 0 Å². The molecule has 0 aromatic heterocycles. The molecule has 0 fully saturated rings. The first-order valence-corrected chi connectivity index (χ1v) is 3.45. The van der Waals surface area contributed by atoms with E-state index in [9.17, 15) is 0 Å². The van der Waals surface area contributed by atoms with Crippen molar-refractivity contribution in [2.45, 2.75) is 13.5 Å². The van der Waals surface area contributed by atoms with E-state index in [1.807, 2.05) is 0 Å². The molecule has 1 aliphatic heterocycles. The third-order valence-corrected chi connectivity index (χ3v) is 1.76. The van der Waals surface area contributed by atoms with Gasteiger partial charge < -0.3 is 5.43 Å². The van der Waals surface area contributed by atoms with Gasteiger partial charge in [-0.15, -0.1) is 0 Å². The molecule has 0 atom stereocenters. The summed E-state index contributed by atoms with van der Waals surface area (Å²) in [5, 5.41) is 0. The number of anilines is 1. The zero-order valence-electron chi connectivity index (χ0n) is 5.94. The van der Waals surface area contributed by atoms with Gasteiger partial charge in [-0.1, -0.05) is 17.7 Å². The lowest BCUT2D eigenvalue weighted by Crippen LogP contribution is -2.10. The van der Waals surface area contributed by atoms with Gasteiger partial charge >= 0.3 is 0 Å². The molecular weight excluding hydrogens is 124 g/mol. The second-order valence-corrected chi connectivity index (χ2v) is 2.64. The summed E-state index contributed by atoms with van der Waals surface area (Å²) in [7, 11) is 0. The highest BCUT2D eigenvalue weighted by molar-refractivity contribution is 5.54. The van der Waals surface area contributed by atoms with E-state index >= 15 is 0 Å². The van der Waals surface area contributed by atoms with Gasteiger partial charge in [-0.25, -0.2) is 5.43 Å². The van der Waals surface area contributed by atoms with Crippen LogP contribution >= 0.6 is 0 Å². The van der Waals surface area contributed by atoms with Crippen LogP contribution in [-0.4, -0.2) is 0 Å². The van der Waals surface area contributed by atoms with Gasteiger partial charge in [-0.05, 0) is 18.6 Å². The Morgan fingerprint density at radius 1 is 1.40 bits per heavy atom.